The van der Waals surface area contributed by atoms with Gasteiger partial charge in [-0.15, -0.1) is 11.3 Å². The molecule has 2 N–H and O–H groups in total. The van der Waals surface area contributed by atoms with Crippen molar-refractivity contribution in [1.29, 1.82) is 0 Å². The maximum atomic E-state index is 12.6. The van der Waals surface area contributed by atoms with Gasteiger partial charge in [0.2, 0.25) is 0 Å². The highest BCUT2D eigenvalue weighted by atomic mass is 32.1. The number of carbonyl (C=O) groups excluding carboxylic acids is 2. The zero-order chi connectivity index (χ0) is 15.9. The van der Waals surface area contributed by atoms with Gasteiger partial charge >= 0.3 is 0 Å². The Hall–Kier alpha value is -2.60. The highest BCUT2D eigenvalue weighted by Crippen LogP contribution is 2.29. The van der Waals surface area contributed by atoms with Gasteiger partial charge in [-0.2, -0.15) is 0 Å². The molecule has 5 nitrogen and oxygen atoms in total. The van der Waals surface area contributed by atoms with Crippen LogP contribution in [0.1, 0.15) is 20.2 Å². The van der Waals surface area contributed by atoms with Crippen LogP contribution < -0.4 is 10.6 Å². The lowest BCUT2D eigenvalue weighted by Crippen LogP contribution is -2.27. The highest BCUT2D eigenvalue weighted by Gasteiger charge is 2.17. The van der Waals surface area contributed by atoms with E-state index in [2.05, 4.69) is 0 Å². The predicted molar refractivity (Wildman–Crippen MR) is 89.8 cm³/mol. The Morgan fingerprint density at radius 2 is 2.09 bits per heavy atom. The normalized spacial score (nSPS) is 10.8. The molecule has 22 heavy (non-hydrogen) atoms. The number of aldehydes is 1. The summed E-state index contributed by atoms with van der Waals surface area (Å²) in [7, 11) is 3.51. The lowest BCUT2D eigenvalue weighted by atomic mass is 10.2. The Labute approximate surface area is 131 Å². The molecule has 112 valence electrons. The zero-order valence-electron chi connectivity index (χ0n) is 12.2. The van der Waals surface area contributed by atoms with Crippen molar-refractivity contribution in [2.24, 2.45) is 7.05 Å². The van der Waals surface area contributed by atoms with Crippen LogP contribution in [0.5, 0.6) is 0 Å². The third kappa shape index (κ3) is 2.37. The van der Waals surface area contributed by atoms with Crippen molar-refractivity contribution in [3.05, 3.63) is 47.1 Å². The van der Waals surface area contributed by atoms with Crippen molar-refractivity contribution >= 4 is 45.0 Å². The average Bonchev–Trinajstić information content (AvgIpc) is 3.07. The quantitative estimate of drug-likeness (QED) is 0.756. The lowest BCUT2D eigenvalue weighted by Gasteiger charge is -2.17. The van der Waals surface area contributed by atoms with Gasteiger partial charge in [0, 0.05) is 30.7 Å². The molecule has 1 amide bonds. The molecular weight excluding hydrogens is 298 g/mol. The first kappa shape index (κ1) is 14.3. The third-order valence-corrected chi connectivity index (χ3v) is 4.61. The van der Waals surface area contributed by atoms with E-state index in [1.54, 1.807) is 35.8 Å². The monoisotopic (exact) mass is 313 g/mol. The Kier molecular flexibility index (Phi) is 3.46. The van der Waals surface area contributed by atoms with Gasteiger partial charge in [0.15, 0.2) is 6.29 Å². The molecule has 0 fully saturated rings. The summed E-state index contributed by atoms with van der Waals surface area (Å²) in [5, 5.41) is 0.954. The van der Waals surface area contributed by atoms with Crippen LogP contribution in [-0.4, -0.2) is 23.8 Å². The predicted octanol–water partition coefficient (Wildman–Crippen LogP) is 2.91. The minimum Gasteiger partial charge on any atom is -0.397 e. The van der Waals surface area contributed by atoms with Crippen LogP contribution in [0.4, 0.5) is 11.4 Å². The second-order valence-corrected chi connectivity index (χ2v) is 6.24. The van der Waals surface area contributed by atoms with E-state index in [0.717, 1.165) is 22.1 Å². The summed E-state index contributed by atoms with van der Waals surface area (Å²) in [5.74, 6) is -0.135. The van der Waals surface area contributed by atoms with Crippen LogP contribution in [0, 0.1) is 0 Å². The topological polar surface area (TPSA) is 68.3 Å². The van der Waals surface area contributed by atoms with Crippen molar-refractivity contribution in [2.75, 3.05) is 17.7 Å². The molecule has 6 heteroatoms. The standard InChI is InChI=1S/C16H15N3O2S/c1-18-8-11(17)7-14(18)16(21)19(2)12-3-4-15-10(5-12)6-13(9-20)22-15/h3-9H,17H2,1-2H3. The molecule has 2 heterocycles. The highest BCUT2D eigenvalue weighted by molar-refractivity contribution is 7.20. The Morgan fingerprint density at radius 1 is 1.32 bits per heavy atom. The van der Waals surface area contributed by atoms with E-state index in [-0.39, 0.29) is 5.91 Å². The molecule has 0 atom stereocenters. The van der Waals surface area contributed by atoms with E-state index in [0.29, 0.717) is 16.3 Å². The number of fused-ring (bicyclic) bond motifs is 1. The van der Waals surface area contributed by atoms with Gasteiger partial charge in [-0.05, 0) is 35.7 Å². The van der Waals surface area contributed by atoms with Crippen LogP contribution in [0.25, 0.3) is 10.1 Å². The third-order valence-electron chi connectivity index (χ3n) is 3.57. The van der Waals surface area contributed by atoms with Crippen LogP contribution >= 0.6 is 11.3 Å². The molecule has 2 aromatic heterocycles. The molecule has 3 aromatic rings. The van der Waals surface area contributed by atoms with E-state index in [1.165, 1.54) is 11.3 Å². The molecule has 0 unspecified atom stereocenters. The molecule has 0 aliphatic carbocycles. The summed E-state index contributed by atoms with van der Waals surface area (Å²) in [6.07, 6.45) is 2.55. The fourth-order valence-corrected chi connectivity index (χ4v) is 3.27. The first-order valence-corrected chi connectivity index (χ1v) is 7.50. The Morgan fingerprint density at radius 3 is 2.73 bits per heavy atom. The number of nitrogens with two attached hydrogens (primary N) is 1. The van der Waals surface area contributed by atoms with Crippen molar-refractivity contribution in [1.82, 2.24) is 4.57 Å². The minimum atomic E-state index is -0.135. The molecule has 1 aromatic carbocycles. The molecule has 0 saturated heterocycles. The number of hydrogen-bond donors (Lipinski definition) is 1. The van der Waals surface area contributed by atoms with Gasteiger partial charge in [0.1, 0.15) is 5.69 Å². The van der Waals surface area contributed by atoms with E-state index in [1.807, 2.05) is 24.3 Å². The van der Waals surface area contributed by atoms with Crippen LogP contribution in [0.15, 0.2) is 36.5 Å². The van der Waals surface area contributed by atoms with Gasteiger partial charge in [0.05, 0.1) is 10.6 Å². The van der Waals surface area contributed by atoms with Crippen LogP contribution in [-0.2, 0) is 7.05 Å². The van der Waals surface area contributed by atoms with Gasteiger partial charge in [-0.25, -0.2) is 0 Å². The smallest absolute Gasteiger partial charge is 0.274 e. The Bertz CT molecular complexity index is 879. The van der Waals surface area contributed by atoms with E-state index in [4.69, 9.17) is 5.73 Å². The molecule has 3 rings (SSSR count). The number of aromatic nitrogens is 1. The number of rotatable bonds is 3. The number of nitrogen functional groups attached to an aromatic ring is 1. The molecule has 0 aliphatic rings. The van der Waals surface area contributed by atoms with Crippen molar-refractivity contribution in [3.8, 4) is 0 Å². The number of amides is 1. The summed E-state index contributed by atoms with van der Waals surface area (Å²) in [4.78, 5) is 25.7. The Balaban J connectivity index is 1.97. The SMILES string of the molecule is CN(C(=O)c1cc(N)cn1C)c1ccc2sc(C=O)cc2c1. The number of nitrogens with zero attached hydrogens (tertiary/aromatic N) is 2. The number of benzene rings is 1. The maximum Gasteiger partial charge on any atom is 0.274 e. The molecular formula is C16H15N3O2S. The van der Waals surface area contributed by atoms with Crippen molar-refractivity contribution in [3.63, 3.8) is 0 Å². The average molecular weight is 313 g/mol. The molecule has 0 aliphatic heterocycles. The summed E-state index contributed by atoms with van der Waals surface area (Å²) in [6.45, 7) is 0. The van der Waals surface area contributed by atoms with Crippen LogP contribution in [0.3, 0.4) is 0 Å². The van der Waals surface area contributed by atoms with Gasteiger partial charge in [-0.1, -0.05) is 0 Å². The second-order valence-electron chi connectivity index (χ2n) is 5.12. The summed E-state index contributed by atoms with van der Waals surface area (Å²) in [5.41, 5.74) is 7.58. The van der Waals surface area contributed by atoms with Crippen molar-refractivity contribution in [2.45, 2.75) is 0 Å². The second kappa shape index (κ2) is 5.31. The zero-order valence-corrected chi connectivity index (χ0v) is 13.1. The summed E-state index contributed by atoms with van der Waals surface area (Å²) >= 11 is 1.44. The molecule has 0 saturated carbocycles. The largest absolute Gasteiger partial charge is 0.397 e. The van der Waals surface area contributed by atoms with Gasteiger partial charge < -0.3 is 15.2 Å². The summed E-state index contributed by atoms with van der Waals surface area (Å²) < 4.78 is 2.73. The van der Waals surface area contributed by atoms with E-state index in [9.17, 15) is 9.59 Å². The summed E-state index contributed by atoms with van der Waals surface area (Å²) in [6, 6.07) is 9.19. The van der Waals surface area contributed by atoms with Gasteiger partial charge in [-0.3, -0.25) is 9.59 Å². The maximum absolute atomic E-state index is 12.6. The van der Waals surface area contributed by atoms with Crippen LogP contribution in [0.2, 0.25) is 0 Å². The molecule has 0 radical (unpaired) electrons. The van der Waals surface area contributed by atoms with Gasteiger partial charge in [0.25, 0.3) is 5.91 Å². The number of carbonyl (C=O) groups is 2. The first-order chi connectivity index (χ1) is 10.5. The number of thiophene rings is 1. The van der Waals surface area contributed by atoms with E-state index < -0.39 is 0 Å². The lowest BCUT2D eigenvalue weighted by molar-refractivity contribution is 0.0985. The molecule has 0 spiro atoms. The first-order valence-electron chi connectivity index (χ1n) is 6.68. The number of anilines is 2. The van der Waals surface area contributed by atoms with E-state index >= 15 is 0 Å². The number of hydrogen-bond acceptors (Lipinski definition) is 4. The number of aryl methyl sites for hydroxylation is 1. The fraction of sp³-hybridized carbons (Fsp3) is 0.125. The fourth-order valence-electron chi connectivity index (χ4n) is 2.41. The van der Waals surface area contributed by atoms with Crippen molar-refractivity contribution < 1.29 is 9.59 Å². The minimum absolute atomic E-state index is 0.135. The molecule has 0 bridgehead atoms.